The molecule has 2 aromatic rings. The summed E-state index contributed by atoms with van der Waals surface area (Å²) in [6, 6.07) is 8.66. The summed E-state index contributed by atoms with van der Waals surface area (Å²) in [6.07, 6.45) is 5.93. The predicted octanol–water partition coefficient (Wildman–Crippen LogP) is 3.24. The quantitative estimate of drug-likeness (QED) is 0.771. The molecule has 3 saturated heterocycles. The van der Waals surface area contributed by atoms with E-state index in [0.717, 1.165) is 71.1 Å². The van der Waals surface area contributed by atoms with E-state index in [1.807, 2.05) is 4.90 Å². The first-order valence-electron chi connectivity index (χ1n) is 11.9. The van der Waals surface area contributed by atoms with E-state index >= 15 is 0 Å². The van der Waals surface area contributed by atoms with Crippen LogP contribution in [0.15, 0.2) is 24.3 Å². The Labute approximate surface area is 189 Å². The van der Waals surface area contributed by atoms with Crippen LogP contribution in [0, 0.1) is 5.92 Å². The van der Waals surface area contributed by atoms with Crippen LogP contribution in [-0.4, -0.2) is 84.1 Å². The molecule has 0 aliphatic carbocycles. The van der Waals surface area contributed by atoms with Gasteiger partial charge in [0.15, 0.2) is 0 Å². The summed E-state index contributed by atoms with van der Waals surface area (Å²) in [4.78, 5) is 19.3. The van der Waals surface area contributed by atoms with Crippen molar-refractivity contribution in [1.82, 2.24) is 24.6 Å². The number of hydrogen-bond acceptors (Lipinski definition) is 6. The largest absolute Gasteiger partial charge is 0.353 e. The second kappa shape index (κ2) is 9.71. The first-order chi connectivity index (χ1) is 15.3. The van der Waals surface area contributed by atoms with Gasteiger partial charge in [0.2, 0.25) is 0 Å². The predicted molar refractivity (Wildman–Crippen MR) is 127 cm³/mol. The first-order valence-corrected chi connectivity index (χ1v) is 12.7. The van der Waals surface area contributed by atoms with E-state index in [4.69, 9.17) is 4.37 Å². The van der Waals surface area contributed by atoms with Gasteiger partial charge in [-0.05, 0) is 68.2 Å². The minimum Gasteiger partial charge on any atom is -0.353 e. The molecule has 168 valence electrons. The van der Waals surface area contributed by atoms with E-state index in [-0.39, 0.29) is 6.03 Å². The zero-order chi connectivity index (χ0) is 21.0. The number of piperidine rings is 1. The third-order valence-electron chi connectivity index (χ3n) is 7.15. The fraction of sp³-hybridized carbons (Fsp3) is 0.652. The lowest BCUT2D eigenvalue weighted by atomic mass is 9.94. The number of likely N-dealkylation sites (tertiary alicyclic amines) is 1. The van der Waals surface area contributed by atoms with Gasteiger partial charge in [-0.25, -0.2) is 9.80 Å². The average Bonchev–Trinajstić information content (AvgIpc) is 3.49. The maximum Gasteiger partial charge on any atom is 0.331 e. The Kier molecular flexibility index (Phi) is 6.57. The highest BCUT2D eigenvalue weighted by Crippen LogP contribution is 2.30. The van der Waals surface area contributed by atoms with E-state index < -0.39 is 0 Å². The molecule has 0 atom stereocenters. The Bertz CT molecular complexity index is 866. The number of nitrogens with one attached hydrogen (secondary N) is 1. The second-order valence-corrected chi connectivity index (χ2v) is 9.97. The average molecular weight is 443 g/mol. The molecule has 0 bridgehead atoms. The summed E-state index contributed by atoms with van der Waals surface area (Å²) < 4.78 is 6.01. The number of hydrazine groups is 1. The van der Waals surface area contributed by atoms with E-state index in [0.29, 0.717) is 0 Å². The minimum atomic E-state index is 0.0988. The molecule has 4 heterocycles. The lowest BCUT2D eigenvalue weighted by Gasteiger charge is -2.37. The van der Waals surface area contributed by atoms with Crippen LogP contribution in [-0.2, 0) is 0 Å². The third-order valence-corrected chi connectivity index (χ3v) is 7.96. The molecule has 0 unspecified atom stereocenters. The highest BCUT2D eigenvalue weighted by molar-refractivity contribution is 7.13. The Hall–Kier alpha value is -1.90. The zero-order valence-electron chi connectivity index (χ0n) is 18.3. The fourth-order valence-corrected chi connectivity index (χ4v) is 5.90. The SMILES string of the molecule is O=C(NN1CCC(CCN2CCN(c3nsc4ccccc34)CC2)CC1)N1CCCC1. The number of urea groups is 1. The third kappa shape index (κ3) is 4.96. The molecule has 1 aromatic heterocycles. The van der Waals surface area contributed by atoms with Crippen LogP contribution >= 0.6 is 11.5 Å². The van der Waals surface area contributed by atoms with Crippen molar-refractivity contribution in [2.45, 2.75) is 32.1 Å². The lowest BCUT2D eigenvalue weighted by Crippen LogP contribution is -2.51. The molecule has 3 aliphatic heterocycles. The summed E-state index contributed by atoms with van der Waals surface area (Å²) in [7, 11) is 0. The van der Waals surface area contributed by atoms with Gasteiger partial charge in [0.1, 0.15) is 5.82 Å². The van der Waals surface area contributed by atoms with Crippen LogP contribution in [0.4, 0.5) is 10.6 Å². The molecular formula is C23H34N6OS. The topological polar surface area (TPSA) is 55.0 Å². The summed E-state index contributed by atoms with van der Waals surface area (Å²) in [5.74, 6) is 1.95. The van der Waals surface area contributed by atoms with Crippen LogP contribution in [0.5, 0.6) is 0 Å². The number of piperazine rings is 1. The van der Waals surface area contributed by atoms with Crippen molar-refractivity contribution >= 4 is 33.5 Å². The van der Waals surface area contributed by atoms with Gasteiger partial charge in [0.25, 0.3) is 0 Å². The van der Waals surface area contributed by atoms with Crippen LogP contribution in [0.2, 0.25) is 0 Å². The van der Waals surface area contributed by atoms with Gasteiger partial charge in [-0.2, -0.15) is 4.37 Å². The minimum absolute atomic E-state index is 0.0988. The number of aromatic nitrogens is 1. The number of carbonyl (C=O) groups is 1. The molecule has 3 aliphatic rings. The molecular weight excluding hydrogens is 408 g/mol. The van der Waals surface area contributed by atoms with E-state index in [1.54, 1.807) is 11.5 Å². The molecule has 0 saturated carbocycles. The van der Waals surface area contributed by atoms with Gasteiger partial charge >= 0.3 is 6.03 Å². The number of rotatable bonds is 5. The summed E-state index contributed by atoms with van der Waals surface area (Å²) in [5, 5.41) is 3.43. The molecule has 2 amide bonds. The lowest BCUT2D eigenvalue weighted by molar-refractivity contribution is 0.109. The molecule has 31 heavy (non-hydrogen) atoms. The molecule has 1 aromatic carbocycles. The van der Waals surface area contributed by atoms with Gasteiger partial charge in [-0.3, -0.25) is 10.3 Å². The van der Waals surface area contributed by atoms with Crippen LogP contribution in [0.3, 0.4) is 0 Å². The van der Waals surface area contributed by atoms with Crippen molar-refractivity contribution in [2.24, 2.45) is 5.92 Å². The van der Waals surface area contributed by atoms with Crippen LogP contribution < -0.4 is 10.3 Å². The van der Waals surface area contributed by atoms with Crippen molar-refractivity contribution in [1.29, 1.82) is 0 Å². The summed E-state index contributed by atoms with van der Waals surface area (Å²) in [6.45, 7) is 9.35. The Morgan fingerprint density at radius 3 is 2.52 bits per heavy atom. The van der Waals surface area contributed by atoms with Crippen molar-refractivity contribution in [3.8, 4) is 0 Å². The Morgan fingerprint density at radius 2 is 1.74 bits per heavy atom. The monoisotopic (exact) mass is 442 g/mol. The maximum absolute atomic E-state index is 12.3. The number of carbonyl (C=O) groups excluding carboxylic acids is 1. The standard InChI is InChI=1S/C23H34N6OS/c30-23(28-10-3-4-11-28)24-29-13-8-19(9-14-29)7-12-26-15-17-27(18-16-26)22-20-5-1-2-6-21(20)31-25-22/h1-2,5-6,19H,3-4,7-18H2,(H,24,30). The Balaban J connectivity index is 1.02. The van der Waals surface area contributed by atoms with E-state index in [2.05, 4.69) is 44.5 Å². The molecule has 5 rings (SSSR count). The van der Waals surface area contributed by atoms with Gasteiger partial charge < -0.3 is 9.80 Å². The van der Waals surface area contributed by atoms with Crippen molar-refractivity contribution in [2.75, 3.05) is 63.8 Å². The number of nitrogens with zero attached hydrogens (tertiary/aromatic N) is 5. The normalized spacial score (nSPS) is 21.8. The molecule has 7 nitrogen and oxygen atoms in total. The van der Waals surface area contributed by atoms with Gasteiger partial charge in [-0.15, -0.1) is 0 Å². The van der Waals surface area contributed by atoms with Gasteiger partial charge in [-0.1, -0.05) is 12.1 Å². The number of benzene rings is 1. The summed E-state index contributed by atoms with van der Waals surface area (Å²) in [5.41, 5.74) is 3.12. The molecule has 0 spiro atoms. The number of amides is 2. The number of fused-ring (bicyclic) bond motifs is 1. The van der Waals surface area contributed by atoms with Crippen molar-refractivity contribution in [3.63, 3.8) is 0 Å². The van der Waals surface area contributed by atoms with Gasteiger partial charge in [0, 0.05) is 57.7 Å². The number of anilines is 1. The second-order valence-electron chi connectivity index (χ2n) is 9.16. The smallest absolute Gasteiger partial charge is 0.331 e. The zero-order valence-corrected chi connectivity index (χ0v) is 19.2. The van der Waals surface area contributed by atoms with Crippen LogP contribution in [0.25, 0.3) is 10.1 Å². The van der Waals surface area contributed by atoms with E-state index in [9.17, 15) is 4.79 Å². The molecule has 3 fully saturated rings. The van der Waals surface area contributed by atoms with Gasteiger partial charge in [0.05, 0.1) is 4.70 Å². The molecule has 1 N–H and O–H groups in total. The van der Waals surface area contributed by atoms with Crippen LogP contribution in [0.1, 0.15) is 32.1 Å². The van der Waals surface area contributed by atoms with Crippen molar-refractivity contribution < 1.29 is 4.79 Å². The molecule has 0 radical (unpaired) electrons. The summed E-state index contributed by atoms with van der Waals surface area (Å²) >= 11 is 1.61. The first kappa shape index (κ1) is 21.0. The highest BCUT2D eigenvalue weighted by atomic mass is 32.1. The molecule has 8 heteroatoms. The van der Waals surface area contributed by atoms with Crippen molar-refractivity contribution in [3.05, 3.63) is 24.3 Å². The maximum atomic E-state index is 12.3. The van der Waals surface area contributed by atoms with E-state index in [1.165, 1.54) is 41.7 Å². The number of hydrogen-bond donors (Lipinski definition) is 1. The Morgan fingerprint density at radius 1 is 1.00 bits per heavy atom. The highest BCUT2D eigenvalue weighted by Gasteiger charge is 2.25. The fourth-order valence-electron chi connectivity index (χ4n) is 5.11.